The van der Waals surface area contributed by atoms with Crippen LogP contribution in [0.4, 0.5) is 5.69 Å². The summed E-state index contributed by atoms with van der Waals surface area (Å²) in [6.45, 7) is 2.45. The number of rotatable bonds is 4. The lowest BCUT2D eigenvalue weighted by atomic mass is 10.1. The second kappa shape index (κ2) is 5.42. The number of hydrogen-bond donors (Lipinski definition) is 1. The lowest BCUT2D eigenvalue weighted by Crippen LogP contribution is -2.12. The van der Waals surface area contributed by atoms with Crippen LogP contribution in [0.1, 0.15) is 23.6 Å². The number of nitrogens with zero attached hydrogens (tertiary/aromatic N) is 3. The molecule has 1 aliphatic heterocycles. The fourth-order valence-electron chi connectivity index (χ4n) is 2.72. The molecular formula is C14H16N4O2. The van der Waals surface area contributed by atoms with Gasteiger partial charge in [-0.1, -0.05) is 18.2 Å². The largest absolute Gasteiger partial charge is 0.330 e. The van der Waals surface area contributed by atoms with Gasteiger partial charge < -0.3 is 9.88 Å². The van der Waals surface area contributed by atoms with Gasteiger partial charge in [0.2, 0.25) is 0 Å². The molecule has 0 amide bonds. The minimum Gasteiger partial charge on any atom is -0.330 e. The van der Waals surface area contributed by atoms with Crippen molar-refractivity contribution in [2.45, 2.75) is 18.9 Å². The molecule has 1 atom stereocenters. The van der Waals surface area contributed by atoms with Gasteiger partial charge in [0, 0.05) is 36.0 Å². The van der Waals surface area contributed by atoms with E-state index < -0.39 is 0 Å². The van der Waals surface area contributed by atoms with Crippen LogP contribution in [-0.4, -0.2) is 27.6 Å². The summed E-state index contributed by atoms with van der Waals surface area (Å²) in [6, 6.07) is 6.87. The highest BCUT2D eigenvalue weighted by molar-refractivity contribution is 5.40. The Hall–Kier alpha value is -2.21. The molecule has 0 aliphatic carbocycles. The van der Waals surface area contributed by atoms with Crippen molar-refractivity contribution in [1.29, 1.82) is 0 Å². The van der Waals surface area contributed by atoms with E-state index in [0.29, 0.717) is 18.0 Å². The van der Waals surface area contributed by atoms with Crippen LogP contribution >= 0.6 is 0 Å². The van der Waals surface area contributed by atoms with Crippen molar-refractivity contribution in [3.8, 4) is 0 Å². The smallest absolute Gasteiger partial charge is 0.274 e. The van der Waals surface area contributed by atoms with Crippen LogP contribution in [0.2, 0.25) is 0 Å². The van der Waals surface area contributed by atoms with Gasteiger partial charge in [-0.2, -0.15) is 0 Å². The first-order valence-electron chi connectivity index (χ1n) is 6.69. The third-order valence-electron chi connectivity index (χ3n) is 3.75. The Morgan fingerprint density at radius 3 is 3.05 bits per heavy atom. The first-order valence-corrected chi connectivity index (χ1v) is 6.69. The van der Waals surface area contributed by atoms with Gasteiger partial charge in [-0.3, -0.25) is 10.1 Å². The van der Waals surface area contributed by atoms with Crippen LogP contribution in [0.3, 0.4) is 0 Å². The van der Waals surface area contributed by atoms with Crippen molar-refractivity contribution >= 4 is 5.69 Å². The fourth-order valence-corrected chi connectivity index (χ4v) is 2.72. The van der Waals surface area contributed by atoms with Crippen LogP contribution in [0.5, 0.6) is 0 Å². The number of nitrogens with one attached hydrogen (secondary N) is 1. The summed E-state index contributed by atoms with van der Waals surface area (Å²) in [6.07, 6.45) is 4.71. The predicted molar refractivity (Wildman–Crippen MR) is 74.7 cm³/mol. The molecule has 2 heterocycles. The second-order valence-electron chi connectivity index (χ2n) is 5.02. The highest BCUT2D eigenvalue weighted by Gasteiger charge is 2.21. The summed E-state index contributed by atoms with van der Waals surface area (Å²) in [5.74, 6) is 0.445. The van der Waals surface area contributed by atoms with E-state index in [2.05, 4.69) is 10.3 Å². The first-order chi connectivity index (χ1) is 9.75. The van der Waals surface area contributed by atoms with Gasteiger partial charge in [0.25, 0.3) is 5.69 Å². The Bertz CT molecular complexity index is 617. The van der Waals surface area contributed by atoms with E-state index in [4.69, 9.17) is 0 Å². The van der Waals surface area contributed by atoms with Gasteiger partial charge in [-0.25, -0.2) is 4.98 Å². The van der Waals surface area contributed by atoms with Gasteiger partial charge in [-0.15, -0.1) is 0 Å². The number of nitro benzene ring substituents is 1. The molecule has 1 aromatic heterocycles. The van der Waals surface area contributed by atoms with E-state index in [-0.39, 0.29) is 10.6 Å². The van der Waals surface area contributed by atoms with Crippen LogP contribution < -0.4 is 5.32 Å². The Morgan fingerprint density at radius 1 is 1.45 bits per heavy atom. The van der Waals surface area contributed by atoms with Crippen molar-refractivity contribution in [2.24, 2.45) is 0 Å². The molecular weight excluding hydrogens is 256 g/mol. The van der Waals surface area contributed by atoms with Crippen molar-refractivity contribution in [3.63, 3.8) is 0 Å². The number of para-hydroxylation sites is 1. The van der Waals surface area contributed by atoms with Crippen LogP contribution in [0.25, 0.3) is 0 Å². The van der Waals surface area contributed by atoms with Gasteiger partial charge in [0.1, 0.15) is 0 Å². The summed E-state index contributed by atoms with van der Waals surface area (Å²) in [5, 5.41) is 14.4. The Morgan fingerprint density at radius 2 is 2.30 bits per heavy atom. The molecule has 6 nitrogen and oxygen atoms in total. The fraction of sp³-hybridized carbons (Fsp3) is 0.357. The van der Waals surface area contributed by atoms with Crippen molar-refractivity contribution in [1.82, 2.24) is 14.9 Å². The quantitative estimate of drug-likeness (QED) is 0.681. The van der Waals surface area contributed by atoms with E-state index >= 15 is 0 Å². The topological polar surface area (TPSA) is 73.0 Å². The zero-order chi connectivity index (χ0) is 13.9. The summed E-state index contributed by atoms with van der Waals surface area (Å²) >= 11 is 0. The molecule has 3 rings (SSSR count). The van der Waals surface area contributed by atoms with Crippen molar-refractivity contribution in [2.75, 3.05) is 13.1 Å². The van der Waals surface area contributed by atoms with E-state index in [9.17, 15) is 10.1 Å². The van der Waals surface area contributed by atoms with E-state index in [0.717, 1.165) is 25.2 Å². The average molecular weight is 272 g/mol. The van der Waals surface area contributed by atoms with Crippen LogP contribution in [-0.2, 0) is 6.54 Å². The Kier molecular flexibility index (Phi) is 3.47. The monoisotopic (exact) mass is 272 g/mol. The highest BCUT2D eigenvalue weighted by Crippen LogP contribution is 2.24. The molecule has 1 N–H and O–H groups in total. The zero-order valence-corrected chi connectivity index (χ0v) is 11.0. The number of aromatic nitrogens is 2. The molecule has 1 aliphatic rings. The van der Waals surface area contributed by atoms with Gasteiger partial charge in [0.05, 0.1) is 17.8 Å². The minimum atomic E-state index is -0.330. The zero-order valence-electron chi connectivity index (χ0n) is 11.0. The maximum Gasteiger partial charge on any atom is 0.274 e. The number of benzene rings is 1. The summed E-state index contributed by atoms with van der Waals surface area (Å²) in [4.78, 5) is 14.9. The van der Waals surface area contributed by atoms with Gasteiger partial charge >= 0.3 is 0 Å². The number of imidazole rings is 1. The van der Waals surface area contributed by atoms with Crippen molar-refractivity contribution < 1.29 is 4.92 Å². The first kappa shape index (κ1) is 12.8. The third-order valence-corrected chi connectivity index (χ3v) is 3.75. The van der Waals surface area contributed by atoms with Crippen LogP contribution in [0.15, 0.2) is 36.8 Å². The lowest BCUT2D eigenvalue weighted by molar-refractivity contribution is -0.385. The molecule has 1 unspecified atom stereocenters. The SMILES string of the molecule is O=[N+]([O-])c1ccccc1Cn1cncc1C1CCNC1. The normalized spacial score (nSPS) is 18.3. The van der Waals surface area contributed by atoms with Crippen LogP contribution in [0, 0.1) is 10.1 Å². The maximum absolute atomic E-state index is 11.1. The average Bonchev–Trinajstić information content (AvgIpc) is 3.09. The molecule has 0 bridgehead atoms. The molecule has 0 spiro atoms. The minimum absolute atomic E-state index is 0.164. The van der Waals surface area contributed by atoms with Crippen molar-refractivity contribution in [3.05, 3.63) is 58.2 Å². The standard InChI is InChI=1S/C14H16N4O2/c19-18(20)13-4-2-1-3-12(13)9-17-10-16-8-14(17)11-5-6-15-7-11/h1-4,8,10-11,15H,5-7,9H2. The molecule has 1 saturated heterocycles. The molecule has 104 valence electrons. The molecule has 0 radical (unpaired) electrons. The van der Waals surface area contributed by atoms with E-state index in [1.54, 1.807) is 24.5 Å². The lowest BCUT2D eigenvalue weighted by Gasteiger charge is -2.13. The molecule has 2 aromatic rings. The highest BCUT2D eigenvalue weighted by atomic mass is 16.6. The molecule has 0 saturated carbocycles. The predicted octanol–water partition coefficient (Wildman–Crippen LogP) is 1.92. The summed E-state index contributed by atoms with van der Waals surface area (Å²) in [5.41, 5.74) is 2.02. The number of hydrogen-bond acceptors (Lipinski definition) is 4. The number of nitro groups is 1. The second-order valence-corrected chi connectivity index (χ2v) is 5.02. The van der Waals surface area contributed by atoms with Gasteiger partial charge in [-0.05, 0) is 13.0 Å². The molecule has 20 heavy (non-hydrogen) atoms. The van der Waals surface area contributed by atoms with Gasteiger partial charge in [0.15, 0.2) is 0 Å². The summed E-state index contributed by atoms with van der Waals surface area (Å²) < 4.78 is 2.01. The Labute approximate surface area is 116 Å². The third kappa shape index (κ3) is 2.42. The van der Waals surface area contributed by atoms with E-state index in [1.165, 1.54) is 0 Å². The molecule has 6 heteroatoms. The Balaban J connectivity index is 1.88. The maximum atomic E-state index is 11.1. The molecule has 1 aromatic carbocycles. The summed E-state index contributed by atoms with van der Waals surface area (Å²) in [7, 11) is 0. The molecule has 1 fully saturated rings. The van der Waals surface area contributed by atoms with E-state index in [1.807, 2.05) is 16.8 Å².